The van der Waals surface area contributed by atoms with E-state index in [0.29, 0.717) is 6.61 Å². The van der Waals surface area contributed by atoms with Crippen molar-refractivity contribution in [2.24, 2.45) is 0 Å². The Morgan fingerprint density at radius 1 is 1.38 bits per heavy atom. The Morgan fingerprint density at radius 2 is 2.06 bits per heavy atom. The van der Waals surface area contributed by atoms with Crippen molar-refractivity contribution in [3.63, 3.8) is 0 Å². The third-order valence-electron chi connectivity index (χ3n) is 3.32. The Bertz CT molecular complexity index is 387. The molecule has 0 radical (unpaired) electrons. The number of carbonyl (C=O) groups excluding carboxylic acids is 1. The molecule has 86 valence electrons. The first-order valence-electron chi connectivity index (χ1n) is 5.72. The van der Waals surface area contributed by atoms with Gasteiger partial charge in [0.05, 0.1) is 0 Å². The number of hydrogen-bond donors (Lipinski definition) is 0. The minimum atomic E-state index is -0.583. The van der Waals surface area contributed by atoms with E-state index in [1.807, 2.05) is 24.3 Å². The van der Waals surface area contributed by atoms with E-state index in [4.69, 9.17) is 4.74 Å². The second-order valence-corrected chi connectivity index (χ2v) is 4.00. The van der Waals surface area contributed by atoms with Gasteiger partial charge in [0.1, 0.15) is 24.2 Å². The van der Waals surface area contributed by atoms with Crippen molar-refractivity contribution >= 4 is 6.29 Å². The van der Waals surface area contributed by atoms with Gasteiger partial charge in [-0.3, -0.25) is 4.90 Å². The monoisotopic (exact) mass is 219 g/mol. The number of benzene rings is 1. The van der Waals surface area contributed by atoms with Crippen molar-refractivity contribution in [1.82, 2.24) is 4.90 Å². The number of ether oxygens (including phenoxy) is 1. The van der Waals surface area contributed by atoms with Gasteiger partial charge in [-0.1, -0.05) is 32.0 Å². The van der Waals surface area contributed by atoms with Crippen LogP contribution >= 0.6 is 0 Å². The highest BCUT2D eigenvalue weighted by atomic mass is 16.5. The molecule has 1 heterocycles. The van der Waals surface area contributed by atoms with Crippen LogP contribution in [0.1, 0.15) is 19.4 Å². The fourth-order valence-corrected chi connectivity index (χ4v) is 2.44. The number of nitrogens with zero attached hydrogens (tertiary/aromatic N) is 1. The summed E-state index contributed by atoms with van der Waals surface area (Å²) in [5.41, 5.74) is 0.411. The first-order chi connectivity index (χ1) is 7.78. The van der Waals surface area contributed by atoms with Gasteiger partial charge in [-0.25, -0.2) is 0 Å². The van der Waals surface area contributed by atoms with Gasteiger partial charge in [-0.05, 0) is 19.2 Å². The summed E-state index contributed by atoms with van der Waals surface area (Å²) in [6, 6.07) is 7.79. The third kappa shape index (κ3) is 1.43. The van der Waals surface area contributed by atoms with Gasteiger partial charge in [-0.15, -0.1) is 0 Å². The largest absolute Gasteiger partial charge is 0.490 e. The summed E-state index contributed by atoms with van der Waals surface area (Å²) in [6.45, 7) is 6.24. The topological polar surface area (TPSA) is 29.5 Å². The van der Waals surface area contributed by atoms with E-state index in [2.05, 4.69) is 18.7 Å². The van der Waals surface area contributed by atoms with Crippen LogP contribution in [0, 0.1) is 0 Å². The standard InChI is InChI=1S/C13H17NO2/c1-3-14(4-2)13(9-15)10-16-12-8-6-5-7-11(12)13/h5-9H,3-4,10H2,1-2H3. The molecule has 16 heavy (non-hydrogen) atoms. The van der Waals surface area contributed by atoms with E-state index in [1.165, 1.54) is 0 Å². The Labute approximate surface area is 96.0 Å². The molecule has 1 aliphatic rings. The molecule has 0 saturated carbocycles. The van der Waals surface area contributed by atoms with Crippen molar-refractivity contribution in [1.29, 1.82) is 0 Å². The highest BCUT2D eigenvalue weighted by Gasteiger charge is 2.44. The van der Waals surface area contributed by atoms with Crippen molar-refractivity contribution in [2.75, 3.05) is 19.7 Å². The van der Waals surface area contributed by atoms with Gasteiger partial charge < -0.3 is 9.53 Å². The molecule has 0 N–H and O–H groups in total. The van der Waals surface area contributed by atoms with Crippen molar-refractivity contribution < 1.29 is 9.53 Å². The van der Waals surface area contributed by atoms with Crippen LogP contribution in [0.5, 0.6) is 5.75 Å². The van der Waals surface area contributed by atoms with Crippen LogP contribution < -0.4 is 4.74 Å². The molecule has 3 nitrogen and oxygen atoms in total. The first kappa shape index (κ1) is 11.1. The summed E-state index contributed by atoms with van der Waals surface area (Å²) >= 11 is 0. The van der Waals surface area contributed by atoms with E-state index < -0.39 is 5.54 Å². The van der Waals surface area contributed by atoms with Crippen LogP contribution in [-0.4, -0.2) is 30.9 Å². The Hall–Kier alpha value is -1.35. The molecular formula is C13H17NO2. The van der Waals surface area contributed by atoms with Crippen LogP contribution in [0.15, 0.2) is 24.3 Å². The maximum atomic E-state index is 11.5. The lowest BCUT2D eigenvalue weighted by Crippen LogP contribution is -2.48. The lowest BCUT2D eigenvalue weighted by molar-refractivity contribution is -0.119. The number of para-hydroxylation sites is 1. The van der Waals surface area contributed by atoms with Crippen molar-refractivity contribution in [3.8, 4) is 5.75 Å². The summed E-state index contributed by atoms with van der Waals surface area (Å²) in [4.78, 5) is 13.7. The Kier molecular flexibility index (Phi) is 2.97. The molecule has 2 rings (SSSR count). The SMILES string of the molecule is CCN(CC)C1(C=O)COc2ccccc21. The number of hydrogen-bond acceptors (Lipinski definition) is 3. The van der Waals surface area contributed by atoms with E-state index in [1.54, 1.807) is 0 Å². The molecule has 0 aromatic heterocycles. The molecule has 0 fully saturated rings. The maximum absolute atomic E-state index is 11.5. The van der Waals surface area contributed by atoms with Crippen LogP contribution in [0.2, 0.25) is 0 Å². The van der Waals surface area contributed by atoms with E-state index in [0.717, 1.165) is 30.7 Å². The molecule has 0 spiro atoms. The fraction of sp³-hybridized carbons (Fsp3) is 0.462. The molecule has 1 aromatic carbocycles. The number of likely N-dealkylation sites (N-methyl/N-ethyl adjacent to an activating group) is 1. The van der Waals surface area contributed by atoms with Crippen molar-refractivity contribution in [3.05, 3.63) is 29.8 Å². The summed E-state index contributed by atoms with van der Waals surface area (Å²) in [7, 11) is 0. The molecule has 0 amide bonds. The average Bonchev–Trinajstić information content (AvgIpc) is 2.71. The lowest BCUT2D eigenvalue weighted by Gasteiger charge is -2.34. The second-order valence-electron chi connectivity index (χ2n) is 4.00. The van der Waals surface area contributed by atoms with E-state index in [9.17, 15) is 4.79 Å². The molecule has 1 aliphatic heterocycles. The normalized spacial score (nSPS) is 22.9. The molecule has 3 heteroatoms. The van der Waals surface area contributed by atoms with Gasteiger partial charge in [0.2, 0.25) is 0 Å². The minimum Gasteiger partial charge on any atom is -0.490 e. The highest BCUT2D eigenvalue weighted by Crippen LogP contribution is 2.39. The molecule has 0 saturated heterocycles. The summed E-state index contributed by atoms with van der Waals surface area (Å²) in [5, 5.41) is 0. The highest BCUT2D eigenvalue weighted by molar-refractivity contribution is 5.72. The van der Waals surface area contributed by atoms with Gasteiger partial charge in [-0.2, -0.15) is 0 Å². The molecule has 1 aromatic rings. The molecule has 1 unspecified atom stereocenters. The number of aldehydes is 1. The van der Waals surface area contributed by atoms with E-state index in [-0.39, 0.29) is 0 Å². The molecular weight excluding hydrogens is 202 g/mol. The summed E-state index contributed by atoms with van der Waals surface area (Å²) in [6.07, 6.45) is 1.02. The predicted octanol–water partition coefficient (Wildman–Crippen LogP) is 1.81. The zero-order valence-corrected chi connectivity index (χ0v) is 9.77. The van der Waals surface area contributed by atoms with Gasteiger partial charge >= 0.3 is 0 Å². The smallest absolute Gasteiger partial charge is 0.148 e. The van der Waals surface area contributed by atoms with Crippen LogP contribution in [-0.2, 0) is 10.3 Å². The fourth-order valence-electron chi connectivity index (χ4n) is 2.44. The Morgan fingerprint density at radius 3 is 2.69 bits per heavy atom. The van der Waals surface area contributed by atoms with Crippen LogP contribution in [0.25, 0.3) is 0 Å². The van der Waals surface area contributed by atoms with Crippen LogP contribution in [0.4, 0.5) is 0 Å². The second kappa shape index (κ2) is 4.26. The van der Waals surface area contributed by atoms with Gasteiger partial charge in [0, 0.05) is 5.56 Å². The predicted molar refractivity (Wildman–Crippen MR) is 62.6 cm³/mol. The third-order valence-corrected chi connectivity index (χ3v) is 3.32. The zero-order chi connectivity index (χ0) is 11.6. The molecule has 1 atom stereocenters. The Balaban J connectivity index is 2.48. The average molecular weight is 219 g/mol. The van der Waals surface area contributed by atoms with E-state index >= 15 is 0 Å². The number of fused-ring (bicyclic) bond motifs is 1. The zero-order valence-electron chi connectivity index (χ0n) is 9.77. The van der Waals surface area contributed by atoms with Gasteiger partial charge in [0.15, 0.2) is 0 Å². The number of carbonyl (C=O) groups is 1. The van der Waals surface area contributed by atoms with Crippen LogP contribution in [0.3, 0.4) is 0 Å². The quantitative estimate of drug-likeness (QED) is 0.723. The lowest BCUT2D eigenvalue weighted by atomic mass is 9.91. The van der Waals surface area contributed by atoms with Crippen molar-refractivity contribution in [2.45, 2.75) is 19.4 Å². The summed E-state index contributed by atoms with van der Waals surface area (Å²) in [5.74, 6) is 0.835. The molecule has 0 aliphatic carbocycles. The minimum absolute atomic E-state index is 0.428. The van der Waals surface area contributed by atoms with Gasteiger partial charge in [0.25, 0.3) is 0 Å². The summed E-state index contributed by atoms with van der Waals surface area (Å²) < 4.78 is 5.62. The first-order valence-corrected chi connectivity index (χ1v) is 5.72. The number of rotatable bonds is 4. The maximum Gasteiger partial charge on any atom is 0.148 e. The molecule has 0 bridgehead atoms.